The lowest BCUT2D eigenvalue weighted by molar-refractivity contribution is -0.125. The fourth-order valence-corrected chi connectivity index (χ4v) is 4.35. The van der Waals surface area contributed by atoms with E-state index in [0.29, 0.717) is 13.1 Å². The van der Waals surface area contributed by atoms with Crippen LogP contribution < -0.4 is 15.4 Å². The maximum atomic E-state index is 12.7. The monoisotopic (exact) mass is 429 g/mol. The second kappa shape index (κ2) is 10.3. The maximum absolute atomic E-state index is 12.7. The van der Waals surface area contributed by atoms with Gasteiger partial charge < -0.3 is 15.4 Å². The third-order valence-corrected chi connectivity index (χ3v) is 6.41. The molecule has 1 aliphatic heterocycles. The van der Waals surface area contributed by atoms with Crippen molar-refractivity contribution >= 4 is 17.5 Å². The molecule has 5 nitrogen and oxygen atoms in total. The van der Waals surface area contributed by atoms with Crippen molar-refractivity contribution in [2.45, 2.75) is 52.4 Å². The number of benzene rings is 2. The Morgan fingerprint density at radius 2 is 1.93 bits per heavy atom. The first-order chi connectivity index (χ1) is 14.4. The van der Waals surface area contributed by atoms with Crippen LogP contribution in [-0.2, 0) is 17.9 Å². The Kier molecular flexibility index (Phi) is 7.75. The van der Waals surface area contributed by atoms with E-state index < -0.39 is 0 Å². The summed E-state index contributed by atoms with van der Waals surface area (Å²) in [7, 11) is 1.70. The van der Waals surface area contributed by atoms with Gasteiger partial charge in [-0.1, -0.05) is 35.9 Å². The number of methoxy groups -OCH3 is 1. The average Bonchev–Trinajstić information content (AvgIpc) is 3.14. The van der Waals surface area contributed by atoms with Crippen LogP contribution in [0, 0.1) is 13.8 Å². The van der Waals surface area contributed by atoms with Gasteiger partial charge >= 0.3 is 0 Å². The average molecular weight is 430 g/mol. The molecule has 1 saturated heterocycles. The molecule has 2 unspecified atom stereocenters. The van der Waals surface area contributed by atoms with Gasteiger partial charge in [-0.3, -0.25) is 9.69 Å². The second-order valence-corrected chi connectivity index (χ2v) is 8.33. The molecule has 6 heteroatoms. The highest BCUT2D eigenvalue weighted by Gasteiger charge is 2.36. The summed E-state index contributed by atoms with van der Waals surface area (Å²) in [5.74, 6) is 1.00. The number of nitrogens with one attached hydrogen (secondary N) is 2. The summed E-state index contributed by atoms with van der Waals surface area (Å²) >= 11 is 6.37. The van der Waals surface area contributed by atoms with Crippen molar-refractivity contribution in [3.63, 3.8) is 0 Å². The predicted molar refractivity (Wildman–Crippen MR) is 122 cm³/mol. The molecule has 2 aromatic rings. The zero-order valence-electron chi connectivity index (χ0n) is 18.3. The summed E-state index contributed by atoms with van der Waals surface area (Å²) in [6.07, 6.45) is 0.782. The van der Waals surface area contributed by atoms with Gasteiger partial charge in [-0.25, -0.2) is 0 Å². The largest absolute Gasteiger partial charge is 0.496 e. The van der Waals surface area contributed by atoms with Gasteiger partial charge in [0.2, 0.25) is 5.91 Å². The smallest absolute Gasteiger partial charge is 0.237 e. The zero-order valence-corrected chi connectivity index (χ0v) is 19.1. The number of carbonyl (C=O) groups is 1. The summed E-state index contributed by atoms with van der Waals surface area (Å²) in [5.41, 5.74) is 4.72. The van der Waals surface area contributed by atoms with Crippen LogP contribution in [0.15, 0.2) is 36.4 Å². The van der Waals surface area contributed by atoms with Crippen LogP contribution in [-0.4, -0.2) is 43.1 Å². The summed E-state index contributed by atoms with van der Waals surface area (Å²) < 4.78 is 5.42. The molecular weight excluding hydrogens is 398 g/mol. The summed E-state index contributed by atoms with van der Waals surface area (Å²) in [6.45, 7) is 9.05. The Hall–Kier alpha value is -2.08. The van der Waals surface area contributed by atoms with Crippen LogP contribution in [0.2, 0.25) is 5.02 Å². The molecule has 0 spiro atoms. The van der Waals surface area contributed by atoms with Gasteiger partial charge in [-0.15, -0.1) is 0 Å². The molecule has 1 heterocycles. The Labute approximate surface area is 184 Å². The lowest BCUT2D eigenvalue weighted by Crippen LogP contribution is -2.42. The second-order valence-electron chi connectivity index (χ2n) is 7.92. The molecule has 0 bridgehead atoms. The quantitative estimate of drug-likeness (QED) is 0.669. The number of hydrogen-bond donors (Lipinski definition) is 2. The fraction of sp³-hybridized carbons (Fsp3) is 0.458. The molecule has 2 atom stereocenters. The third kappa shape index (κ3) is 5.15. The van der Waals surface area contributed by atoms with Crippen molar-refractivity contribution in [2.24, 2.45) is 0 Å². The Morgan fingerprint density at radius 1 is 1.17 bits per heavy atom. The molecule has 1 amide bonds. The van der Waals surface area contributed by atoms with Crippen LogP contribution in [0.5, 0.6) is 5.75 Å². The van der Waals surface area contributed by atoms with E-state index >= 15 is 0 Å². The van der Waals surface area contributed by atoms with E-state index in [2.05, 4.69) is 35.4 Å². The van der Waals surface area contributed by atoms with E-state index in [1.165, 1.54) is 16.7 Å². The number of rotatable bonds is 8. The number of nitrogens with zero attached hydrogens (tertiary/aromatic N) is 1. The molecule has 3 rings (SSSR count). The number of amides is 1. The molecule has 1 aliphatic rings. The van der Waals surface area contributed by atoms with Gasteiger partial charge in [0.1, 0.15) is 5.75 Å². The van der Waals surface area contributed by atoms with Crippen molar-refractivity contribution in [1.29, 1.82) is 0 Å². The number of carbonyl (C=O) groups excluding carboxylic acids is 1. The maximum Gasteiger partial charge on any atom is 0.237 e. The zero-order chi connectivity index (χ0) is 21.7. The molecule has 30 heavy (non-hydrogen) atoms. The van der Waals surface area contributed by atoms with Gasteiger partial charge in [0.05, 0.1) is 13.2 Å². The first kappa shape index (κ1) is 22.6. The van der Waals surface area contributed by atoms with Crippen LogP contribution >= 0.6 is 11.6 Å². The fourth-order valence-electron chi connectivity index (χ4n) is 4.16. The molecule has 0 saturated carbocycles. The minimum Gasteiger partial charge on any atom is -0.496 e. The van der Waals surface area contributed by atoms with E-state index in [1.807, 2.05) is 37.3 Å². The molecular formula is C24H32ClN3O2. The molecule has 0 aromatic heterocycles. The van der Waals surface area contributed by atoms with E-state index in [-0.39, 0.29) is 18.0 Å². The number of halogens is 1. The van der Waals surface area contributed by atoms with Gasteiger partial charge in [-0.2, -0.15) is 0 Å². The van der Waals surface area contributed by atoms with Gasteiger partial charge in [0.15, 0.2) is 0 Å². The van der Waals surface area contributed by atoms with Crippen molar-refractivity contribution in [1.82, 2.24) is 15.5 Å². The topological polar surface area (TPSA) is 53.6 Å². The molecule has 0 aliphatic carbocycles. The highest BCUT2D eigenvalue weighted by Crippen LogP contribution is 2.26. The van der Waals surface area contributed by atoms with Gasteiger partial charge in [-0.05, 0) is 61.6 Å². The highest BCUT2D eigenvalue weighted by atomic mass is 35.5. The molecule has 0 radical (unpaired) electrons. The Balaban J connectivity index is 1.70. The standard InChI is InChI=1S/C24H32ClN3O2/c1-5-26-24(29)22-12-20(15-28(22)14-19-8-6-7-9-21(19)25)27-13-18-10-11-23(30-4)17(3)16(18)2/h6-11,20,22,27H,5,12-15H2,1-4H3,(H,26,29). The van der Waals surface area contributed by atoms with Gasteiger partial charge in [0.25, 0.3) is 0 Å². The molecule has 2 N–H and O–H groups in total. The summed E-state index contributed by atoms with van der Waals surface area (Å²) in [5, 5.41) is 7.39. The Bertz CT molecular complexity index is 887. The van der Waals surface area contributed by atoms with Crippen LogP contribution in [0.4, 0.5) is 0 Å². The number of likely N-dealkylation sites (N-methyl/N-ethyl adjacent to an activating group) is 1. The van der Waals surface area contributed by atoms with E-state index in [1.54, 1.807) is 7.11 Å². The summed E-state index contributed by atoms with van der Waals surface area (Å²) in [4.78, 5) is 14.9. The third-order valence-electron chi connectivity index (χ3n) is 6.04. The molecule has 162 valence electrons. The lowest BCUT2D eigenvalue weighted by atomic mass is 10.0. The minimum absolute atomic E-state index is 0.0883. The van der Waals surface area contributed by atoms with Crippen LogP contribution in [0.25, 0.3) is 0 Å². The number of likely N-dealkylation sites (tertiary alicyclic amines) is 1. The SMILES string of the molecule is CCNC(=O)C1CC(NCc2ccc(OC)c(C)c2C)CN1Cc1ccccc1Cl. The van der Waals surface area contributed by atoms with Crippen molar-refractivity contribution < 1.29 is 9.53 Å². The highest BCUT2D eigenvalue weighted by molar-refractivity contribution is 6.31. The van der Waals surface area contributed by atoms with E-state index in [4.69, 9.17) is 16.3 Å². The number of hydrogen-bond acceptors (Lipinski definition) is 4. The Morgan fingerprint density at radius 3 is 2.63 bits per heavy atom. The van der Waals surface area contributed by atoms with Crippen molar-refractivity contribution in [3.8, 4) is 5.75 Å². The first-order valence-electron chi connectivity index (χ1n) is 10.6. The predicted octanol–water partition coefficient (Wildman–Crippen LogP) is 3.83. The lowest BCUT2D eigenvalue weighted by Gasteiger charge is -2.23. The van der Waals surface area contributed by atoms with E-state index in [9.17, 15) is 4.79 Å². The summed E-state index contributed by atoms with van der Waals surface area (Å²) in [6, 6.07) is 12.1. The van der Waals surface area contributed by atoms with Crippen LogP contribution in [0.3, 0.4) is 0 Å². The van der Waals surface area contributed by atoms with Crippen LogP contribution in [0.1, 0.15) is 35.6 Å². The normalized spacial score (nSPS) is 19.1. The van der Waals surface area contributed by atoms with Gasteiger partial charge in [0, 0.05) is 37.2 Å². The van der Waals surface area contributed by atoms with E-state index in [0.717, 1.165) is 35.8 Å². The molecule has 1 fully saturated rings. The van der Waals surface area contributed by atoms with Crippen molar-refractivity contribution in [3.05, 3.63) is 63.7 Å². The number of ether oxygens (including phenoxy) is 1. The minimum atomic E-state index is -0.155. The first-order valence-corrected chi connectivity index (χ1v) is 10.9. The molecule has 2 aromatic carbocycles. The van der Waals surface area contributed by atoms with Crippen molar-refractivity contribution in [2.75, 3.05) is 20.2 Å².